The summed E-state index contributed by atoms with van der Waals surface area (Å²) in [4.78, 5) is 0. The van der Waals surface area contributed by atoms with Gasteiger partial charge in [-0.2, -0.15) is 0 Å². The number of halogens is 1. The van der Waals surface area contributed by atoms with Gasteiger partial charge in [0.1, 0.15) is 0 Å². The molecule has 0 bridgehead atoms. The molecule has 5 heavy (non-hydrogen) atoms. The summed E-state index contributed by atoms with van der Waals surface area (Å²) in [7, 11) is 0. The Morgan fingerprint density at radius 2 is 2.20 bits per heavy atom. The summed E-state index contributed by atoms with van der Waals surface area (Å²) in [6.07, 6.45) is 1.52. The molecule has 2 atom stereocenters. The molecule has 0 amide bonds. The zero-order valence-corrected chi connectivity index (χ0v) is 6.16. The van der Waals surface area contributed by atoms with E-state index in [-0.39, 0.29) is 0 Å². The molecular weight excluding hydrogens is 194 g/mol. The predicted molar refractivity (Wildman–Crippen MR) is 35.3 cm³/mol. The van der Waals surface area contributed by atoms with Crippen molar-refractivity contribution in [2.24, 2.45) is 0 Å². The van der Waals surface area contributed by atoms with E-state index in [0.29, 0.717) is 5.56 Å². The van der Waals surface area contributed by atoms with Gasteiger partial charge >= 0.3 is 0 Å². The van der Waals surface area contributed by atoms with E-state index in [9.17, 15) is 0 Å². The maximum absolute atomic E-state index is 2.55. The molecule has 2 heteroatoms. The van der Waals surface area contributed by atoms with Gasteiger partial charge in [0.15, 0.2) is 0 Å². The molecule has 0 N–H and O–H groups in total. The summed E-state index contributed by atoms with van der Waals surface area (Å²) in [6.45, 7) is 2.32. The molecular formula is C3H6IP. The minimum absolute atomic E-state index is 0.538. The summed E-state index contributed by atoms with van der Waals surface area (Å²) in [5.41, 5.74) is 1.64. The van der Waals surface area contributed by atoms with Crippen molar-refractivity contribution in [1.29, 1.82) is 0 Å². The van der Waals surface area contributed by atoms with Crippen molar-refractivity contribution >= 4 is 27.6 Å². The lowest BCUT2D eigenvalue weighted by Gasteiger charge is -1.65. The van der Waals surface area contributed by atoms with Crippen LogP contribution in [-0.2, 0) is 0 Å². The molecule has 1 fully saturated rings. The highest BCUT2D eigenvalue weighted by Crippen LogP contribution is 2.65. The van der Waals surface area contributed by atoms with Crippen molar-refractivity contribution in [3.05, 3.63) is 0 Å². The average molecular weight is 200 g/mol. The number of hydrogen-bond acceptors (Lipinski definition) is 0. The summed E-state index contributed by atoms with van der Waals surface area (Å²) in [6, 6.07) is 0. The first-order valence-electron chi connectivity index (χ1n) is 1.73. The normalized spacial score (nSPS) is 49.2. The maximum atomic E-state index is 2.55. The molecule has 0 aromatic rings. The molecule has 1 rings (SSSR count). The van der Waals surface area contributed by atoms with Gasteiger partial charge in [0.25, 0.3) is 0 Å². The van der Waals surface area contributed by atoms with E-state index >= 15 is 0 Å². The molecule has 0 radical (unpaired) electrons. The minimum atomic E-state index is 0.538. The maximum Gasteiger partial charge on any atom is -0.0100 e. The Balaban J connectivity index is 2.20. The Kier molecular flexibility index (Phi) is 1.16. The molecule has 0 saturated carbocycles. The van der Waals surface area contributed by atoms with Gasteiger partial charge in [-0.15, -0.1) is 0 Å². The highest BCUT2D eigenvalue weighted by molar-refractivity contribution is 14.2. The van der Waals surface area contributed by atoms with E-state index in [1.165, 1.54) is 6.16 Å². The Hall–Kier alpha value is 1.16. The van der Waals surface area contributed by atoms with E-state index in [1.807, 2.05) is 0 Å². The summed E-state index contributed by atoms with van der Waals surface area (Å²) in [5, 5.41) is 0. The summed E-state index contributed by atoms with van der Waals surface area (Å²) in [5.74, 6) is 0. The smallest absolute Gasteiger partial charge is 0.0100 e. The highest BCUT2D eigenvalue weighted by atomic mass is 127. The number of hydrogen-bond donors (Lipinski definition) is 0. The van der Waals surface area contributed by atoms with Gasteiger partial charge in [0, 0.05) is 0 Å². The van der Waals surface area contributed by atoms with E-state index < -0.39 is 0 Å². The molecule has 0 aromatic heterocycles. The predicted octanol–water partition coefficient (Wildman–Crippen LogP) is 2.22. The lowest BCUT2D eigenvalue weighted by Crippen LogP contribution is -1.57. The van der Waals surface area contributed by atoms with Gasteiger partial charge in [-0.25, -0.2) is 0 Å². The van der Waals surface area contributed by atoms with Gasteiger partial charge in [-0.3, -0.25) is 0 Å². The minimum Gasteiger partial charge on any atom is -0.0575 e. The molecule has 1 aliphatic rings. The second-order valence-corrected chi connectivity index (χ2v) is 7.20. The van der Waals surface area contributed by atoms with Crippen LogP contribution in [0.1, 0.15) is 6.92 Å². The van der Waals surface area contributed by atoms with E-state index in [0.717, 1.165) is 5.66 Å². The van der Waals surface area contributed by atoms with Crippen molar-refractivity contribution in [2.75, 3.05) is 6.16 Å². The fourth-order valence-electron chi connectivity index (χ4n) is 0.205. The van der Waals surface area contributed by atoms with Crippen LogP contribution in [0.15, 0.2) is 0 Å². The Labute approximate surface area is 46.6 Å². The third-order valence-electron chi connectivity index (χ3n) is 0.783. The second kappa shape index (κ2) is 1.34. The second-order valence-electron chi connectivity index (χ2n) is 1.43. The van der Waals surface area contributed by atoms with Crippen molar-refractivity contribution in [2.45, 2.75) is 12.6 Å². The molecule has 1 heterocycles. The van der Waals surface area contributed by atoms with Crippen LogP contribution < -0.4 is 0 Å². The Bertz CT molecular complexity index is 40.2. The Morgan fingerprint density at radius 3 is 2.20 bits per heavy atom. The van der Waals surface area contributed by atoms with Crippen LogP contribution in [0.3, 0.4) is 0 Å². The van der Waals surface area contributed by atoms with Crippen molar-refractivity contribution in [3.63, 3.8) is 0 Å². The average Bonchev–Trinajstić information content (AvgIpc) is 1.79. The summed E-state index contributed by atoms with van der Waals surface area (Å²) >= 11 is 2.55. The standard InChI is InChI=1S/C3H6IP/c1-3-2-5(3)4/h3H,2H2,1H3. The molecule has 30 valence electrons. The van der Waals surface area contributed by atoms with E-state index in [4.69, 9.17) is 0 Å². The first-order valence-corrected chi connectivity index (χ1v) is 6.11. The van der Waals surface area contributed by atoms with Crippen LogP contribution in [-0.4, -0.2) is 11.8 Å². The van der Waals surface area contributed by atoms with Gasteiger partial charge in [-0.1, -0.05) is 29.0 Å². The van der Waals surface area contributed by atoms with Crippen LogP contribution in [0.5, 0.6) is 0 Å². The van der Waals surface area contributed by atoms with Crippen molar-refractivity contribution < 1.29 is 0 Å². The Morgan fingerprint density at radius 1 is 2.00 bits per heavy atom. The van der Waals surface area contributed by atoms with Crippen molar-refractivity contribution in [1.82, 2.24) is 0 Å². The topological polar surface area (TPSA) is 0 Å². The molecule has 2 unspecified atom stereocenters. The monoisotopic (exact) mass is 200 g/mol. The van der Waals surface area contributed by atoms with Gasteiger partial charge in [0.05, 0.1) is 0 Å². The molecule has 1 aliphatic heterocycles. The van der Waals surface area contributed by atoms with Gasteiger partial charge < -0.3 is 0 Å². The van der Waals surface area contributed by atoms with E-state index in [1.54, 1.807) is 0 Å². The van der Waals surface area contributed by atoms with Gasteiger partial charge in [0.2, 0.25) is 0 Å². The van der Waals surface area contributed by atoms with Crippen LogP contribution in [0.25, 0.3) is 0 Å². The fraction of sp³-hybridized carbons (Fsp3) is 1.00. The first kappa shape index (κ1) is 4.32. The molecule has 1 saturated heterocycles. The number of rotatable bonds is 0. The van der Waals surface area contributed by atoms with Crippen LogP contribution in [0, 0.1) is 0 Å². The fourth-order valence-corrected chi connectivity index (χ4v) is 3.57. The first-order chi connectivity index (χ1) is 2.30. The van der Waals surface area contributed by atoms with Crippen LogP contribution >= 0.6 is 27.6 Å². The van der Waals surface area contributed by atoms with Crippen molar-refractivity contribution in [3.8, 4) is 0 Å². The molecule has 0 aliphatic carbocycles. The third kappa shape index (κ3) is 1.01. The third-order valence-corrected chi connectivity index (χ3v) is 6.38. The lowest BCUT2D eigenvalue weighted by atomic mass is 10.6. The van der Waals surface area contributed by atoms with Gasteiger partial charge in [-0.05, 0) is 17.4 Å². The molecule has 0 aromatic carbocycles. The van der Waals surface area contributed by atoms with E-state index in [2.05, 4.69) is 29.0 Å². The quantitative estimate of drug-likeness (QED) is 0.415. The SMILES string of the molecule is CC1CP1I. The van der Waals surface area contributed by atoms with Crippen LogP contribution in [0.4, 0.5) is 0 Å². The summed E-state index contributed by atoms with van der Waals surface area (Å²) < 4.78 is 0. The highest BCUT2D eigenvalue weighted by Gasteiger charge is 2.28. The zero-order valence-electron chi connectivity index (χ0n) is 3.11. The zero-order chi connectivity index (χ0) is 3.86. The molecule has 0 nitrogen and oxygen atoms in total. The molecule has 0 spiro atoms. The largest absolute Gasteiger partial charge is 0.0575 e. The van der Waals surface area contributed by atoms with Crippen LogP contribution in [0.2, 0.25) is 0 Å². The lowest BCUT2D eigenvalue weighted by molar-refractivity contribution is 1.25.